The summed E-state index contributed by atoms with van der Waals surface area (Å²) in [5.41, 5.74) is 1.10. The zero-order chi connectivity index (χ0) is 25.5. The molecule has 4 rings (SSSR count). The highest BCUT2D eigenvalue weighted by Gasteiger charge is 2.67. The van der Waals surface area contributed by atoms with Crippen molar-refractivity contribution in [2.45, 2.75) is 10.3 Å². The molecule has 1 aliphatic carbocycles. The van der Waals surface area contributed by atoms with Crippen LogP contribution in [0.1, 0.15) is 21.8 Å². The summed E-state index contributed by atoms with van der Waals surface area (Å²) in [5, 5.41) is 26.9. The smallest absolute Gasteiger partial charge is 0.257 e. The lowest BCUT2D eigenvalue weighted by atomic mass is 10.1. The van der Waals surface area contributed by atoms with Gasteiger partial charge in [0.15, 0.2) is 0 Å². The average Bonchev–Trinajstić information content (AvgIpc) is 3.36. The van der Waals surface area contributed by atoms with E-state index in [1.165, 1.54) is 42.5 Å². The molecular formula is C23H15Cl5N3O4-. The molecule has 182 valence electrons. The van der Waals surface area contributed by atoms with Crippen LogP contribution in [-0.2, 0) is 4.79 Å². The van der Waals surface area contributed by atoms with Gasteiger partial charge in [0.2, 0.25) is 5.91 Å². The number of hydrogen-bond donors (Lipinski definition) is 3. The standard InChI is InChI=1S/C23H15Cl5N3O4/c24-12-6-11(7-13(25)8-12)19-20(23(19,27)28)22(33)30-15-4-5-18(26)17(10-15)21(32)29-14-2-1-3-16(9-14)31(34)35/h1-10,19-20,31H,(H,29,32)(H,30,33)/q-1. The number of halogens is 5. The van der Waals surface area contributed by atoms with Gasteiger partial charge in [0, 0.05) is 33.4 Å². The summed E-state index contributed by atoms with van der Waals surface area (Å²) in [6.07, 6.45) is 0. The molecule has 0 aliphatic heterocycles. The van der Waals surface area contributed by atoms with Crippen molar-refractivity contribution in [2.24, 2.45) is 5.92 Å². The molecule has 7 nitrogen and oxygen atoms in total. The fourth-order valence-electron chi connectivity index (χ4n) is 3.74. The molecule has 35 heavy (non-hydrogen) atoms. The van der Waals surface area contributed by atoms with E-state index in [1.54, 1.807) is 18.2 Å². The van der Waals surface area contributed by atoms with Crippen LogP contribution in [0, 0.1) is 16.3 Å². The summed E-state index contributed by atoms with van der Waals surface area (Å²) < 4.78 is -1.37. The molecule has 1 aliphatic rings. The Labute approximate surface area is 225 Å². The minimum Gasteiger partial charge on any atom is -0.628 e. The molecule has 3 N–H and O–H groups in total. The molecule has 0 saturated heterocycles. The lowest BCUT2D eigenvalue weighted by molar-refractivity contribution is -0.715. The van der Waals surface area contributed by atoms with E-state index < -0.39 is 33.2 Å². The van der Waals surface area contributed by atoms with Crippen LogP contribution in [0.3, 0.4) is 0 Å². The number of carbonyl (C=O) groups is 2. The summed E-state index contributed by atoms with van der Waals surface area (Å²) in [6, 6.07) is 14.8. The van der Waals surface area contributed by atoms with E-state index in [-0.39, 0.29) is 27.6 Å². The molecule has 3 aromatic rings. The number of rotatable bonds is 6. The Morgan fingerprint density at radius 2 is 1.51 bits per heavy atom. The summed E-state index contributed by atoms with van der Waals surface area (Å²) >= 11 is 31.1. The third-order valence-electron chi connectivity index (χ3n) is 5.41. The monoisotopic (exact) mass is 572 g/mol. The summed E-state index contributed by atoms with van der Waals surface area (Å²) in [7, 11) is 0. The number of benzene rings is 3. The van der Waals surface area contributed by atoms with Crippen LogP contribution in [0.4, 0.5) is 17.1 Å². The predicted molar refractivity (Wildman–Crippen MR) is 139 cm³/mol. The maximum Gasteiger partial charge on any atom is 0.257 e. The zero-order valence-corrected chi connectivity index (χ0v) is 21.2. The van der Waals surface area contributed by atoms with E-state index in [9.17, 15) is 20.0 Å². The molecule has 0 bridgehead atoms. The molecule has 0 spiro atoms. The Morgan fingerprint density at radius 3 is 2.17 bits per heavy atom. The molecule has 2 atom stereocenters. The predicted octanol–water partition coefficient (Wildman–Crippen LogP) is 5.94. The molecule has 2 unspecified atom stereocenters. The topological polar surface area (TPSA) is 109 Å². The maximum atomic E-state index is 13.0. The van der Waals surface area contributed by atoms with E-state index in [0.29, 0.717) is 15.6 Å². The second-order valence-corrected chi connectivity index (χ2v) is 10.6. The molecule has 0 radical (unpaired) electrons. The first kappa shape index (κ1) is 26.0. The fourth-order valence-corrected chi connectivity index (χ4v) is 5.32. The lowest BCUT2D eigenvalue weighted by Gasteiger charge is -2.24. The van der Waals surface area contributed by atoms with E-state index >= 15 is 0 Å². The molecule has 0 aromatic heterocycles. The second-order valence-electron chi connectivity index (χ2n) is 7.84. The van der Waals surface area contributed by atoms with Gasteiger partial charge in [-0.2, -0.15) is 0 Å². The lowest BCUT2D eigenvalue weighted by Crippen LogP contribution is -2.96. The molecule has 0 heterocycles. The third kappa shape index (κ3) is 5.69. The highest BCUT2D eigenvalue weighted by molar-refractivity contribution is 6.53. The second kappa shape index (κ2) is 10.1. The molecule has 1 saturated carbocycles. The van der Waals surface area contributed by atoms with Crippen molar-refractivity contribution in [2.75, 3.05) is 10.6 Å². The Kier molecular flexibility index (Phi) is 7.52. The molecule has 3 aromatic carbocycles. The highest BCUT2D eigenvalue weighted by Crippen LogP contribution is 2.65. The first-order chi connectivity index (χ1) is 16.5. The van der Waals surface area contributed by atoms with Crippen LogP contribution in [0.2, 0.25) is 15.1 Å². The summed E-state index contributed by atoms with van der Waals surface area (Å²) in [5.74, 6) is -2.40. The van der Waals surface area contributed by atoms with Crippen LogP contribution < -0.4 is 15.9 Å². The fraction of sp³-hybridized carbons (Fsp3) is 0.130. The van der Waals surface area contributed by atoms with Gasteiger partial charge in [0.1, 0.15) is 10.0 Å². The first-order valence-corrected chi connectivity index (χ1v) is 11.9. The van der Waals surface area contributed by atoms with Crippen LogP contribution in [-0.4, -0.2) is 16.1 Å². The van der Waals surface area contributed by atoms with E-state index in [1.807, 2.05) is 0 Å². The van der Waals surface area contributed by atoms with Crippen molar-refractivity contribution in [3.05, 3.63) is 97.3 Å². The van der Waals surface area contributed by atoms with Crippen LogP contribution in [0.15, 0.2) is 60.7 Å². The first-order valence-electron chi connectivity index (χ1n) is 10.0. The number of quaternary nitrogens is 1. The normalized spacial score (nSPS) is 18.3. The minimum atomic E-state index is -1.38. The van der Waals surface area contributed by atoms with Crippen molar-refractivity contribution in [3.63, 3.8) is 0 Å². The van der Waals surface area contributed by atoms with Crippen LogP contribution in [0.5, 0.6) is 0 Å². The van der Waals surface area contributed by atoms with Gasteiger partial charge >= 0.3 is 0 Å². The number of nitrogens with one attached hydrogen (secondary N) is 3. The molecule has 2 amide bonds. The maximum absolute atomic E-state index is 13.0. The Bertz CT molecular complexity index is 1300. The largest absolute Gasteiger partial charge is 0.628 e. The highest BCUT2D eigenvalue weighted by atomic mass is 35.5. The van der Waals surface area contributed by atoms with Gasteiger partial charge in [-0.25, -0.2) is 0 Å². The Morgan fingerprint density at radius 1 is 0.857 bits per heavy atom. The van der Waals surface area contributed by atoms with Gasteiger partial charge < -0.3 is 26.3 Å². The number of amides is 2. The summed E-state index contributed by atoms with van der Waals surface area (Å²) in [6.45, 7) is 0. The van der Waals surface area contributed by atoms with E-state index in [4.69, 9.17) is 58.0 Å². The number of alkyl halides is 2. The van der Waals surface area contributed by atoms with Gasteiger partial charge in [-0.05, 0) is 54.1 Å². The third-order valence-corrected chi connectivity index (χ3v) is 7.12. The van der Waals surface area contributed by atoms with Crippen molar-refractivity contribution in [1.82, 2.24) is 0 Å². The van der Waals surface area contributed by atoms with Crippen LogP contribution >= 0.6 is 58.0 Å². The van der Waals surface area contributed by atoms with Crippen LogP contribution in [0.25, 0.3) is 0 Å². The van der Waals surface area contributed by atoms with Crippen molar-refractivity contribution in [1.29, 1.82) is 0 Å². The molecule has 12 heteroatoms. The Hall–Kier alpha value is -2.07. The molecular weight excluding hydrogens is 560 g/mol. The summed E-state index contributed by atoms with van der Waals surface area (Å²) in [4.78, 5) is 25.7. The Balaban J connectivity index is 1.50. The van der Waals surface area contributed by atoms with Gasteiger partial charge in [-0.3, -0.25) is 9.59 Å². The average molecular weight is 575 g/mol. The van der Waals surface area contributed by atoms with Gasteiger partial charge in [-0.15, -0.1) is 23.2 Å². The SMILES string of the molecule is O=C(Nc1cccc([NH+]([O-])[O-])c1)c1cc(NC(=O)C2C(c3cc(Cl)cc(Cl)c3)C2(Cl)Cl)ccc1Cl. The van der Waals surface area contributed by atoms with Crippen molar-refractivity contribution >= 4 is 86.9 Å². The van der Waals surface area contributed by atoms with Gasteiger partial charge in [-0.1, -0.05) is 40.9 Å². The van der Waals surface area contributed by atoms with Crippen molar-refractivity contribution < 1.29 is 14.8 Å². The number of carbonyl (C=O) groups excluding carboxylic acids is 2. The minimum absolute atomic E-state index is 0.0558. The van der Waals surface area contributed by atoms with E-state index in [0.717, 1.165) is 0 Å². The quantitative estimate of drug-likeness (QED) is 0.250. The number of anilines is 2. The number of hydrogen-bond acceptors (Lipinski definition) is 4. The van der Waals surface area contributed by atoms with Gasteiger partial charge in [0.05, 0.1) is 16.5 Å². The zero-order valence-electron chi connectivity index (χ0n) is 17.5. The van der Waals surface area contributed by atoms with Crippen molar-refractivity contribution in [3.8, 4) is 0 Å². The molecule has 1 fully saturated rings. The van der Waals surface area contributed by atoms with Gasteiger partial charge in [0.25, 0.3) is 5.91 Å². The van der Waals surface area contributed by atoms with E-state index in [2.05, 4.69) is 10.6 Å².